The predicted molar refractivity (Wildman–Crippen MR) is 120 cm³/mol. The lowest BCUT2D eigenvalue weighted by molar-refractivity contribution is 0.103. The average Bonchev–Trinajstić information content (AvgIpc) is 3.11. The summed E-state index contributed by atoms with van der Waals surface area (Å²) in [5.41, 5.74) is 0.286. The Morgan fingerprint density at radius 2 is 1.87 bits per heavy atom. The molecule has 0 spiro atoms. The molecule has 3 aromatic rings. The van der Waals surface area contributed by atoms with Crippen LogP contribution in [0.5, 0.6) is 5.75 Å². The van der Waals surface area contributed by atoms with Gasteiger partial charge in [0.25, 0.3) is 5.91 Å². The molecule has 0 radical (unpaired) electrons. The van der Waals surface area contributed by atoms with E-state index < -0.39 is 15.9 Å². The number of benzene rings is 2. The van der Waals surface area contributed by atoms with E-state index in [0.29, 0.717) is 28.7 Å². The van der Waals surface area contributed by atoms with Crippen molar-refractivity contribution in [3.63, 3.8) is 0 Å². The largest absolute Gasteiger partial charge is 0.495 e. The lowest BCUT2D eigenvalue weighted by Crippen LogP contribution is -2.35. The zero-order chi connectivity index (χ0) is 21.3. The molecule has 1 amide bonds. The number of fused-ring (bicyclic) bond motifs is 1. The van der Waals surface area contributed by atoms with Crippen LogP contribution in [0.1, 0.15) is 28.9 Å². The average molecular weight is 465 g/mol. The molecule has 0 saturated carbocycles. The summed E-state index contributed by atoms with van der Waals surface area (Å²) < 4.78 is 33.8. The van der Waals surface area contributed by atoms with Crippen LogP contribution in [0.4, 0.5) is 5.69 Å². The van der Waals surface area contributed by atoms with Gasteiger partial charge in [0, 0.05) is 23.2 Å². The van der Waals surface area contributed by atoms with Gasteiger partial charge in [0.15, 0.2) is 0 Å². The van der Waals surface area contributed by atoms with Gasteiger partial charge in [-0.15, -0.1) is 11.3 Å². The summed E-state index contributed by atoms with van der Waals surface area (Å²) in [5, 5.41) is 3.96. The highest BCUT2D eigenvalue weighted by molar-refractivity contribution is 7.89. The Morgan fingerprint density at radius 3 is 2.57 bits per heavy atom. The smallest absolute Gasteiger partial charge is 0.267 e. The number of carbonyl (C=O) groups is 1. The maximum Gasteiger partial charge on any atom is 0.267 e. The highest BCUT2D eigenvalue weighted by atomic mass is 35.5. The van der Waals surface area contributed by atoms with E-state index in [1.54, 1.807) is 6.07 Å². The second-order valence-corrected chi connectivity index (χ2v) is 10.4. The molecular weight excluding hydrogens is 444 g/mol. The number of nitrogens with zero attached hydrogens (tertiary/aromatic N) is 1. The van der Waals surface area contributed by atoms with Crippen molar-refractivity contribution in [1.29, 1.82) is 0 Å². The highest BCUT2D eigenvalue weighted by Crippen LogP contribution is 2.37. The van der Waals surface area contributed by atoms with E-state index in [0.717, 1.165) is 29.3 Å². The number of amides is 1. The van der Waals surface area contributed by atoms with Gasteiger partial charge in [0.1, 0.15) is 10.6 Å². The number of carbonyl (C=O) groups excluding carboxylic acids is 1. The Morgan fingerprint density at radius 1 is 1.13 bits per heavy atom. The third-order valence-electron chi connectivity index (χ3n) is 5.11. The summed E-state index contributed by atoms with van der Waals surface area (Å²) in [6.45, 7) is 1.01. The lowest BCUT2D eigenvalue weighted by atomic mass is 10.2. The molecule has 9 heteroatoms. The molecule has 1 N–H and O–H groups in total. The Hall–Kier alpha value is -2.13. The summed E-state index contributed by atoms with van der Waals surface area (Å²) in [5.74, 6) is -0.0369. The summed E-state index contributed by atoms with van der Waals surface area (Å²) in [6, 6.07) is 12.0. The lowest BCUT2D eigenvalue weighted by Gasteiger charge is -2.26. The van der Waals surface area contributed by atoms with Crippen LogP contribution in [-0.2, 0) is 10.0 Å². The second kappa shape index (κ2) is 8.55. The number of ether oxygens (including phenoxy) is 1. The Kier molecular flexibility index (Phi) is 6.02. The zero-order valence-electron chi connectivity index (χ0n) is 16.4. The second-order valence-electron chi connectivity index (χ2n) is 7.02. The van der Waals surface area contributed by atoms with Gasteiger partial charge in [0.05, 0.1) is 22.7 Å². The third kappa shape index (κ3) is 3.92. The van der Waals surface area contributed by atoms with E-state index in [1.807, 2.05) is 24.3 Å². The zero-order valence-corrected chi connectivity index (χ0v) is 18.7. The maximum absolute atomic E-state index is 13.0. The van der Waals surface area contributed by atoms with Gasteiger partial charge in [-0.25, -0.2) is 8.42 Å². The van der Waals surface area contributed by atoms with Gasteiger partial charge in [-0.3, -0.25) is 4.79 Å². The predicted octanol–water partition coefficient (Wildman–Crippen LogP) is 4.99. The number of methoxy groups -OCH3 is 1. The Labute approximate surface area is 184 Å². The van der Waals surface area contributed by atoms with Crippen molar-refractivity contribution < 1.29 is 17.9 Å². The Bertz CT molecular complexity index is 1200. The van der Waals surface area contributed by atoms with E-state index in [2.05, 4.69) is 5.32 Å². The highest BCUT2D eigenvalue weighted by Gasteiger charge is 2.27. The number of hydrogen-bond acceptors (Lipinski definition) is 5. The molecule has 0 unspecified atom stereocenters. The van der Waals surface area contributed by atoms with Crippen LogP contribution in [-0.4, -0.2) is 38.8 Å². The van der Waals surface area contributed by atoms with E-state index in [9.17, 15) is 13.2 Å². The summed E-state index contributed by atoms with van der Waals surface area (Å²) in [7, 11) is -2.17. The van der Waals surface area contributed by atoms with Crippen LogP contribution in [0.3, 0.4) is 0 Å². The molecular formula is C21H21ClN2O4S2. The first-order chi connectivity index (χ1) is 14.4. The minimum Gasteiger partial charge on any atom is -0.495 e. The Balaban J connectivity index is 1.66. The van der Waals surface area contributed by atoms with Crippen molar-refractivity contribution in [2.24, 2.45) is 0 Å². The standard InChI is InChI=1S/C21H21ClN2O4S2/c1-28-17-10-9-14(30(26,27)24-11-5-2-6-12-24)13-16(17)23-21(25)20-19(22)15-7-3-4-8-18(15)29-20/h3-4,7-10,13H,2,5-6,11-12H2,1H3,(H,23,25). The number of rotatable bonds is 5. The molecule has 1 aromatic heterocycles. The number of sulfonamides is 1. The molecule has 0 atom stereocenters. The summed E-state index contributed by atoms with van der Waals surface area (Å²) in [6.07, 6.45) is 2.73. The van der Waals surface area contributed by atoms with Crippen LogP contribution in [0.25, 0.3) is 10.1 Å². The van der Waals surface area contributed by atoms with Crippen LogP contribution in [0.2, 0.25) is 5.02 Å². The maximum atomic E-state index is 13.0. The minimum absolute atomic E-state index is 0.128. The molecule has 4 rings (SSSR count). The topological polar surface area (TPSA) is 75.7 Å². The van der Waals surface area contributed by atoms with Crippen molar-refractivity contribution >= 4 is 54.6 Å². The molecule has 1 fully saturated rings. The first-order valence-electron chi connectivity index (χ1n) is 9.58. The molecule has 158 valence electrons. The third-order valence-corrected chi connectivity index (χ3v) is 8.68. The van der Waals surface area contributed by atoms with Crippen LogP contribution in [0, 0.1) is 0 Å². The van der Waals surface area contributed by atoms with Crippen molar-refractivity contribution in [2.75, 3.05) is 25.5 Å². The molecule has 1 aliphatic rings. The van der Waals surface area contributed by atoms with Crippen molar-refractivity contribution in [2.45, 2.75) is 24.2 Å². The van der Waals surface area contributed by atoms with Gasteiger partial charge in [-0.1, -0.05) is 36.2 Å². The molecule has 30 heavy (non-hydrogen) atoms. The molecule has 2 heterocycles. The molecule has 2 aromatic carbocycles. The first-order valence-corrected chi connectivity index (χ1v) is 12.2. The number of nitrogens with one attached hydrogen (secondary N) is 1. The van der Waals surface area contributed by atoms with Gasteiger partial charge in [0.2, 0.25) is 10.0 Å². The van der Waals surface area contributed by atoms with E-state index in [1.165, 1.54) is 34.9 Å². The van der Waals surface area contributed by atoms with Crippen LogP contribution in [0.15, 0.2) is 47.4 Å². The fourth-order valence-corrected chi connectivity index (χ4v) is 6.49. The number of piperidine rings is 1. The van der Waals surface area contributed by atoms with Gasteiger partial charge < -0.3 is 10.1 Å². The minimum atomic E-state index is -3.64. The van der Waals surface area contributed by atoms with E-state index in [4.69, 9.17) is 16.3 Å². The number of halogens is 1. The molecule has 1 aliphatic heterocycles. The fourth-order valence-electron chi connectivity index (χ4n) is 3.54. The molecule has 6 nitrogen and oxygen atoms in total. The molecule has 0 aliphatic carbocycles. The first kappa shape index (κ1) is 21.1. The fraction of sp³-hybridized carbons (Fsp3) is 0.286. The molecule has 1 saturated heterocycles. The van der Waals surface area contributed by atoms with Crippen LogP contribution >= 0.6 is 22.9 Å². The quantitative estimate of drug-likeness (QED) is 0.577. The van der Waals surface area contributed by atoms with Gasteiger partial charge in [-0.05, 0) is 37.1 Å². The number of anilines is 1. The van der Waals surface area contributed by atoms with E-state index >= 15 is 0 Å². The SMILES string of the molecule is COc1ccc(S(=O)(=O)N2CCCCC2)cc1NC(=O)c1sc2ccccc2c1Cl. The monoisotopic (exact) mass is 464 g/mol. The number of thiophene rings is 1. The summed E-state index contributed by atoms with van der Waals surface area (Å²) >= 11 is 7.70. The van der Waals surface area contributed by atoms with Crippen LogP contribution < -0.4 is 10.1 Å². The number of hydrogen-bond donors (Lipinski definition) is 1. The summed E-state index contributed by atoms with van der Waals surface area (Å²) in [4.78, 5) is 13.4. The van der Waals surface area contributed by atoms with Gasteiger partial charge in [-0.2, -0.15) is 4.31 Å². The van der Waals surface area contributed by atoms with Crippen molar-refractivity contribution in [3.8, 4) is 5.75 Å². The van der Waals surface area contributed by atoms with Crippen molar-refractivity contribution in [1.82, 2.24) is 4.31 Å². The molecule has 0 bridgehead atoms. The van der Waals surface area contributed by atoms with Gasteiger partial charge >= 0.3 is 0 Å². The van der Waals surface area contributed by atoms with E-state index in [-0.39, 0.29) is 10.6 Å². The normalized spacial score (nSPS) is 15.3. The van der Waals surface area contributed by atoms with Crippen molar-refractivity contribution in [3.05, 3.63) is 52.4 Å².